The van der Waals surface area contributed by atoms with E-state index in [1.165, 1.54) is 17.2 Å². The molecule has 0 fully saturated rings. The number of Topliss-reactive ketones (excluding diaryl/α,β-unsaturated/α-hetero) is 1. The summed E-state index contributed by atoms with van der Waals surface area (Å²) < 4.78 is 3.24. The molecule has 9 nitrogen and oxygen atoms in total. The summed E-state index contributed by atoms with van der Waals surface area (Å²) in [5, 5.41) is 7.58. The summed E-state index contributed by atoms with van der Waals surface area (Å²) in [5.41, 5.74) is 1.79. The van der Waals surface area contributed by atoms with Gasteiger partial charge in [-0.2, -0.15) is 5.10 Å². The van der Waals surface area contributed by atoms with Crippen LogP contribution in [0.1, 0.15) is 29.4 Å². The van der Waals surface area contributed by atoms with Crippen molar-refractivity contribution < 1.29 is 9.59 Å². The predicted molar refractivity (Wildman–Crippen MR) is 105 cm³/mol. The summed E-state index contributed by atoms with van der Waals surface area (Å²) in [4.78, 5) is 43.8. The first-order valence-electron chi connectivity index (χ1n) is 9.15. The Kier molecular flexibility index (Phi) is 3.87. The number of aromatic nitrogens is 5. The molecule has 4 aromatic rings. The number of carbonyl (C=O) groups is 2. The molecule has 0 spiro atoms. The lowest BCUT2D eigenvalue weighted by molar-refractivity contribution is -0.119. The van der Waals surface area contributed by atoms with E-state index in [0.29, 0.717) is 40.9 Å². The molecule has 0 aliphatic carbocycles. The number of carbonyl (C=O) groups excluding carboxylic acids is 2. The van der Waals surface area contributed by atoms with Crippen LogP contribution < -0.4 is 10.9 Å². The number of ketones is 1. The fourth-order valence-corrected chi connectivity index (χ4v) is 3.71. The van der Waals surface area contributed by atoms with Gasteiger partial charge in [0.1, 0.15) is 11.4 Å². The van der Waals surface area contributed by atoms with Gasteiger partial charge in [0.05, 0.1) is 29.6 Å². The summed E-state index contributed by atoms with van der Waals surface area (Å²) in [5.74, 6) is -0.177. The van der Waals surface area contributed by atoms with Crippen molar-refractivity contribution in [1.29, 1.82) is 0 Å². The Bertz CT molecular complexity index is 1320. The number of anilines is 1. The largest absolute Gasteiger partial charge is 0.333 e. The Labute approximate surface area is 164 Å². The molecule has 0 radical (unpaired) electrons. The second-order valence-electron chi connectivity index (χ2n) is 6.81. The molecule has 3 aromatic heterocycles. The Morgan fingerprint density at radius 2 is 2.03 bits per heavy atom. The zero-order valence-corrected chi connectivity index (χ0v) is 15.2. The van der Waals surface area contributed by atoms with Crippen LogP contribution in [0.3, 0.4) is 0 Å². The summed E-state index contributed by atoms with van der Waals surface area (Å²) in [6.07, 6.45) is 5.28. The van der Waals surface area contributed by atoms with Crippen LogP contribution in [-0.4, -0.2) is 36.0 Å². The average molecular weight is 388 g/mol. The number of H-pyrrole nitrogens is 1. The van der Waals surface area contributed by atoms with Crippen molar-refractivity contribution in [1.82, 2.24) is 24.3 Å². The number of benzene rings is 1. The van der Waals surface area contributed by atoms with Gasteiger partial charge in [-0.1, -0.05) is 12.1 Å². The van der Waals surface area contributed by atoms with Crippen molar-refractivity contribution >= 4 is 28.4 Å². The van der Waals surface area contributed by atoms with E-state index in [9.17, 15) is 14.4 Å². The molecule has 1 unspecified atom stereocenters. The van der Waals surface area contributed by atoms with E-state index in [-0.39, 0.29) is 17.2 Å². The van der Waals surface area contributed by atoms with E-state index in [4.69, 9.17) is 0 Å². The van der Waals surface area contributed by atoms with Crippen molar-refractivity contribution in [3.63, 3.8) is 0 Å². The van der Waals surface area contributed by atoms with E-state index >= 15 is 0 Å². The first kappa shape index (κ1) is 17.1. The molecule has 2 N–H and O–H groups in total. The topological polar surface area (TPSA) is 115 Å². The zero-order chi connectivity index (χ0) is 20.0. The van der Waals surface area contributed by atoms with Gasteiger partial charge in [-0.3, -0.25) is 14.4 Å². The van der Waals surface area contributed by atoms with Crippen LogP contribution in [0, 0.1) is 0 Å². The molecule has 1 aliphatic rings. The Morgan fingerprint density at radius 1 is 1.17 bits per heavy atom. The van der Waals surface area contributed by atoms with Crippen molar-refractivity contribution in [2.45, 2.75) is 18.9 Å². The average Bonchev–Trinajstić information content (AvgIpc) is 3.37. The van der Waals surface area contributed by atoms with Gasteiger partial charge in [0.25, 0.3) is 5.56 Å². The second-order valence-corrected chi connectivity index (χ2v) is 6.81. The van der Waals surface area contributed by atoms with Gasteiger partial charge in [-0.25, -0.2) is 9.67 Å². The molecule has 4 heterocycles. The van der Waals surface area contributed by atoms with Gasteiger partial charge in [0.2, 0.25) is 5.91 Å². The van der Waals surface area contributed by atoms with E-state index in [2.05, 4.69) is 20.4 Å². The SMILES string of the molecule is O=C1CCC(C(=O)Nc2ccccc2-n2ncc3c(=O)[nH]cnc32)n2cccc21. The van der Waals surface area contributed by atoms with Crippen molar-refractivity contribution in [2.24, 2.45) is 0 Å². The minimum atomic E-state index is -0.471. The highest BCUT2D eigenvalue weighted by atomic mass is 16.2. The highest BCUT2D eigenvalue weighted by molar-refractivity contribution is 6.00. The van der Waals surface area contributed by atoms with E-state index in [0.717, 1.165) is 0 Å². The second kappa shape index (κ2) is 6.55. The normalized spacial score (nSPS) is 16.0. The standard InChI is InChI=1S/C20H16N6O3/c27-17-8-7-16(25-9-3-6-15(17)25)20(29)24-13-4-1-2-5-14(13)26-18-12(10-23-26)19(28)22-11-21-18/h1-6,9-11,16H,7-8H2,(H,24,29)(H,21,22,28). The maximum Gasteiger partial charge on any atom is 0.261 e. The Morgan fingerprint density at radius 3 is 2.93 bits per heavy atom. The molecule has 1 atom stereocenters. The minimum Gasteiger partial charge on any atom is -0.333 e. The van der Waals surface area contributed by atoms with Gasteiger partial charge in [-0.15, -0.1) is 0 Å². The summed E-state index contributed by atoms with van der Waals surface area (Å²) in [6, 6.07) is 10.2. The fraction of sp³-hybridized carbons (Fsp3) is 0.150. The summed E-state index contributed by atoms with van der Waals surface area (Å²) >= 11 is 0. The van der Waals surface area contributed by atoms with Crippen LogP contribution in [0.2, 0.25) is 0 Å². The van der Waals surface area contributed by atoms with Crippen molar-refractivity contribution in [3.8, 4) is 5.69 Å². The molecule has 0 saturated carbocycles. The molecule has 0 saturated heterocycles. The van der Waals surface area contributed by atoms with E-state index < -0.39 is 6.04 Å². The number of para-hydroxylation sites is 2. The van der Waals surface area contributed by atoms with E-state index in [1.807, 2.05) is 6.07 Å². The number of hydrogen-bond donors (Lipinski definition) is 2. The Balaban J connectivity index is 1.52. The van der Waals surface area contributed by atoms with Crippen LogP contribution >= 0.6 is 0 Å². The molecule has 1 amide bonds. The van der Waals surface area contributed by atoms with Crippen LogP contribution in [0.4, 0.5) is 5.69 Å². The van der Waals surface area contributed by atoms with E-state index in [1.54, 1.807) is 41.1 Å². The first-order valence-corrected chi connectivity index (χ1v) is 9.15. The third-order valence-corrected chi connectivity index (χ3v) is 5.11. The molecule has 1 aliphatic heterocycles. The van der Waals surface area contributed by atoms with Gasteiger partial charge < -0.3 is 14.9 Å². The maximum atomic E-state index is 13.0. The number of nitrogens with one attached hydrogen (secondary N) is 2. The zero-order valence-electron chi connectivity index (χ0n) is 15.2. The fourth-order valence-electron chi connectivity index (χ4n) is 3.71. The minimum absolute atomic E-state index is 0.0405. The molecular weight excluding hydrogens is 372 g/mol. The lowest BCUT2D eigenvalue weighted by Gasteiger charge is -2.25. The quantitative estimate of drug-likeness (QED) is 0.558. The lowest BCUT2D eigenvalue weighted by atomic mass is 10.0. The van der Waals surface area contributed by atoms with Crippen molar-refractivity contribution in [2.75, 3.05) is 5.32 Å². The van der Waals surface area contributed by atoms with Gasteiger partial charge >= 0.3 is 0 Å². The molecule has 1 aromatic carbocycles. The third-order valence-electron chi connectivity index (χ3n) is 5.11. The first-order chi connectivity index (χ1) is 14.1. The number of rotatable bonds is 3. The van der Waals surface area contributed by atoms with Gasteiger partial charge in [0.15, 0.2) is 11.4 Å². The van der Waals surface area contributed by atoms with Crippen LogP contribution in [0.5, 0.6) is 0 Å². The lowest BCUT2D eigenvalue weighted by Crippen LogP contribution is -2.31. The number of nitrogens with zero attached hydrogens (tertiary/aromatic N) is 4. The monoisotopic (exact) mass is 388 g/mol. The molecule has 29 heavy (non-hydrogen) atoms. The highest BCUT2D eigenvalue weighted by Crippen LogP contribution is 2.28. The molecule has 0 bridgehead atoms. The Hall–Kier alpha value is -4.01. The number of amides is 1. The van der Waals surface area contributed by atoms with Gasteiger partial charge in [-0.05, 0) is 30.7 Å². The molecular formula is C20H16N6O3. The number of hydrogen-bond acceptors (Lipinski definition) is 5. The molecule has 5 rings (SSSR count). The smallest absolute Gasteiger partial charge is 0.261 e. The molecule has 144 valence electrons. The maximum absolute atomic E-state index is 13.0. The third kappa shape index (κ3) is 2.75. The predicted octanol–water partition coefficient (Wildman–Crippen LogP) is 2.07. The molecule has 9 heteroatoms. The van der Waals surface area contributed by atoms with Crippen LogP contribution in [0.25, 0.3) is 16.7 Å². The highest BCUT2D eigenvalue weighted by Gasteiger charge is 2.30. The number of aromatic amines is 1. The van der Waals surface area contributed by atoms with Crippen LogP contribution in [0.15, 0.2) is 59.9 Å². The summed E-state index contributed by atoms with van der Waals surface area (Å²) in [7, 11) is 0. The number of fused-ring (bicyclic) bond motifs is 2. The van der Waals surface area contributed by atoms with Gasteiger partial charge in [0, 0.05) is 12.6 Å². The van der Waals surface area contributed by atoms with Crippen molar-refractivity contribution in [3.05, 3.63) is 71.2 Å². The summed E-state index contributed by atoms with van der Waals surface area (Å²) in [6.45, 7) is 0. The van der Waals surface area contributed by atoms with Crippen LogP contribution in [-0.2, 0) is 4.79 Å².